The molecule has 1 atom stereocenters. The van der Waals surface area contributed by atoms with Crippen LogP contribution in [0.3, 0.4) is 0 Å². The molecule has 2 heterocycles. The van der Waals surface area contributed by atoms with Crippen LogP contribution in [0.5, 0.6) is 0 Å². The van der Waals surface area contributed by atoms with E-state index in [1.165, 1.54) is 0 Å². The fraction of sp³-hybridized carbons (Fsp3) is 0.214. The van der Waals surface area contributed by atoms with Gasteiger partial charge in [0.05, 0.1) is 6.04 Å². The van der Waals surface area contributed by atoms with E-state index in [-0.39, 0.29) is 17.9 Å². The lowest BCUT2D eigenvalue weighted by atomic mass is 10.0. The molecule has 1 fully saturated rings. The number of carbonyl (C=O) groups excluding carboxylic acids is 2. The predicted molar refractivity (Wildman–Crippen MR) is 136 cm³/mol. The molecule has 2 amide bonds. The molecule has 0 aliphatic carbocycles. The van der Waals surface area contributed by atoms with Crippen molar-refractivity contribution in [3.8, 4) is 11.1 Å². The van der Waals surface area contributed by atoms with Gasteiger partial charge in [-0.3, -0.25) is 14.5 Å². The Labute approximate surface area is 199 Å². The third-order valence-electron chi connectivity index (χ3n) is 6.56. The summed E-state index contributed by atoms with van der Waals surface area (Å²) in [5.41, 5.74) is 4.44. The number of anilines is 1. The number of nitrogens with zero attached hydrogens (tertiary/aromatic N) is 2. The van der Waals surface area contributed by atoms with E-state index in [0.29, 0.717) is 31.9 Å². The molecule has 2 N–H and O–H groups in total. The minimum Gasteiger partial charge on any atom is -0.351 e. The number of nitrogens with one attached hydrogen (secondary N) is 2. The smallest absolute Gasteiger partial charge is 0.270 e. The number of carbonyl (C=O) groups is 2. The molecule has 6 heteroatoms. The highest BCUT2D eigenvalue weighted by Crippen LogP contribution is 2.28. The normalized spacial score (nSPS) is 15.3. The van der Waals surface area contributed by atoms with E-state index in [1.54, 1.807) is 0 Å². The lowest BCUT2D eigenvalue weighted by molar-refractivity contribution is -0.121. The number of aromatic amines is 1. The maximum Gasteiger partial charge on any atom is 0.270 e. The van der Waals surface area contributed by atoms with Crippen LogP contribution >= 0.6 is 0 Å². The molecule has 0 saturated carbocycles. The number of fused-ring (bicyclic) bond motifs is 1. The van der Waals surface area contributed by atoms with Crippen molar-refractivity contribution < 1.29 is 9.59 Å². The highest BCUT2D eigenvalue weighted by Gasteiger charge is 2.28. The molecule has 172 valence electrons. The van der Waals surface area contributed by atoms with Gasteiger partial charge in [0.1, 0.15) is 5.69 Å². The number of benzene rings is 3. The van der Waals surface area contributed by atoms with Gasteiger partial charge in [-0.05, 0) is 30.7 Å². The highest BCUT2D eigenvalue weighted by molar-refractivity contribution is 5.99. The second-order valence-corrected chi connectivity index (χ2v) is 8.68. The molecule has 1 unspecified atom stereocenters. The monoisotopic (exact) mass is 452 g/mol. The van der Waals surface area contributed by atoms with E-state index < -0.39 is 0 Å². The quantitative estimate of drug-likeness (QED) is 0.464. The Morgan fingerprint density at radius 3 is 2.29 bits per heavy atom. The molecule has 1 saturated heterocycles. The van der Waals surface area contributed by atoms with Gasteiger partial charge in [0.2, 0.25) is 5.91 Å². The van der Waals surface area contributed by atoms with Gasteiger partial charge in [-0.1, -0.05) is 66.7 Å². The number of aromatic nitrogens is 1. The van der Waals surface area contributed by atoms with Gasteiger partial charge >= 0.3 is 0 Å². The molecule has 1 aromatic heterocycles. The van der Waals surface area contributed by atoms with Gasteiger partial charge in [-0.2, -0.15) is 0 Å². The van der Waals surface area contributed by atoms with E-state index in [2.05, 4.69) is 15.2 Å². The summed E-state index contributed by atoms with van der Waals surface area (Å²) in [5, 5.41) is 4.15. The van der Waals surface area contributed by atoms with Crippen LogP contribution in [0.2, 0.25) is 0 Å². The first-order chi connectivity index (χ1) is 16.6. The Hall–Kier alpha value is -3.90. The van der Waals surface area contributed by atoms with Gasteiger partial charge in [0.15, 0.2) is 0 Å². The molecule has 0 radical (unpaired) electrons. The molecular weight excluding hydrogens is 424 g/mol. The van der Waals surface area contributed by atoms with Crippen LogP contribution < -0.4 is 5.32 Å². The molecule has 4 aromatic rings. The number of hydrogen-bond donors (Lipinski definition) is 2. The summed E-state index contributed by atoms with van der Waals surface area (Å²) < 4.78 is 0. The highest BCUT2D eigenvalue weighted by atomic mass is 16.2. The standard InChI is InChI=1S/C28H28N4O2/c1-20(27(33)30-25-14-8-6-12-23(25)21-9-3-2-4-10-21)31-15-17-32(18-16-31)28(34)26-19-22-11-5-7-13-24(22)29-26/h2-14,19-20,29H,15-18H2,1H3,(H,30,33). The Bertz CT molecular complexity index is 1270. The minimum absolute atomic E-state index is 0.00439. The summed E-state index contributed by atoms with van der Waals surface area (Å²) in [6, 6.07) is 27.4. The topological polar surface area (TPSA) is 68.4 Å². The van der Waals surface area contributed by atoms with Crippen molar-refractivity contribution in [3.63, 3.8) is 0 Å². The van der Waals surface area contributed by atoms with E-state index in [4.69, 9.17) is 0 Å². The van der Waals surface area contributed by atoms with Crippen LogP contribution in [0.4, 0.5) is 5.69 Å². The molecule has 34 heavy (non-hydrogen) atoms. The van der Waals surface area contributed by atoms with Crippen molar-refractivity contribution in [2.75, 3.05) is 31.5 Å². The molecule has 0 spiro atoms. The zero-order valence-corrected chi connectivity index (χ0v) is 19.2. The van der Waals surface area contributed by atoms with E-state index in [9.17, 15) is 9.59 Å². The van der Waals surface area contributed by atoms with E-state index in [1.807, 2.05) is 96.8 Å². The largest absolute Gasteiger partial charge is 0.351 e. The Morgan fingerprint density at radius 2 is 1.53 bits per heavy atom. The minimum atomic E-state index is -0.297. The van der Waals surface area contributed by atoms with Gasteiger partial charge in [-0.15, -0.1) is 0 Å². The van der Waals surface area contributed by atoms with Crippen LogP contribution in [0.15, 0.2) is 84.9 Å². The molecule has 5 rings (SSSR count). The van der Waals surface area contributed by atoms with Crippen molar-refractivity contribution in [2.45, 2.75) is 13.0 Å². The van der Waals surface area contributed by atoms with Crippen molar-refractivity contribution in [3.05, 3.63) is 90.6 Å². The fourth-order valence-electron chi connectivity index (χ4n) is 4.54. The van der Waals surface area contributed by atoms with Crippen molar-refractivity contribution in [1.82, 2.24) is 14.8 Å². The zero-order valence-electron chi connectivity index (χ0n) is 19.2. The number of piperazine rings is 1. The summed E-state index contributed by atoms with van der Waals surface area (Å²) in [5.74, 6) is -0.0384. The summed E-state index contributed by atoms with van der Waals surface area (Å²) in [7, 11) is 0. The van der Waals surface area contributed by atoms with Crippen molar-refractivity contribution in [2.24, 2.45) is 0 Å². The average molecular weight is 453 g/mol. The third-order valence-corrected chi connectivity index (χ3v) is 6.56. The number of H-pyrrole nitrogens is 1. The lowest BCUT2D eigenvalue weighted by Gasteiger charge is -2.37. The maximum absolute atomic E-state index is 13.1. The molecule has 3 aromatic carbocycles. The van der Waals surface area contributed by atoms with Crippen LogP contribution in [0, 0.1) is 0 Å². The van der Waals surface area contributed by atoms with Gasteiger partial charge in [-0.25, -0.2) is 0 Å². The zero-order chi connectivity index (χ0) is 23.5. The average Bonchev–Trinajstić information content (AvgIpc) is 3.33. The molecule has 6 nitrogen and oxygen atoms in total. The first-order valence-electron chi connectivity index (χ1n) is 11.7. The Kier molecular flexibility index (Phi) is 6.14. The van der Waals surface area contributed by atoms with E-state index >= 15 is 0 Å². The van der Waals surface area contributed by atoms with Crippen LogP contribution in [0.25, 0.3) is 22.0 Å². The third kappa shape index (κ3) is 4.45. The molecule has 0 bridgehead atoms. The first-order valence-corrected chi connectivity index (χ1v) is 11.7. The molecule has 1 aliphatic heterocycles. The van der Waals surface area contributed by atoms with Crippen LogP contribution in [0.1, 0.15) is 17.4 Å². The second-order valence-electron chi connectivity index (χ2n) is 8.68. The maximum atomic E-state index is 13.1. The fourth-order valence-corrected chi connectivity index (χ4v) is 4.54. The summed E-state index contributed by atoms with van der Waals surface area (Å²) >= 11 is 0. The number of para-hydroxylation sites is 2. The summed E-state index contributed by atoms with van der Waals surface area (Å²) in [6.07, 6.45) is 0. The van der Waals surface area contributed by atoms with Gasteiger partial charge < -0.3 is 15.2 Å². The first kappa shape index (κ1) is 21.9. The SMILES string of the molecule is CC(C(=O)Nc1ccccc1-c1ccccc1)N1CCN(C(=O)c2cc3ccccc3[nH]2)CC1. The Balaban J connectivity index is 1.21. The van der Waals surface area contributed by atoms with Crippen molar-refractivity contribution >= 4 is 28.4 Å². The number of amides is 2. The van der Waals surface area contributed by atoms with E-state index in [0.717, 1.165) is 27.7 Å². The second kappa shape index (κ2) is 9.53. The van der Waals surface area contributed by atoms with Crippen molar-refractivity contribution in [1.29, 1.82) is 0 Å². The predicted octanol–water partition coefficient (Wildman–Crippen LogP) is 4.62. The number of rotatable bonds is 5. The summed E-state index contributed by atoms with van der Waals surface area (Å²) in [4.78, 5) is 33.3. The Morgan fingerprint density at radius 1 is 0.853 bits per heavy atom. The molecular formula is C28H28N4O2. The van der Waals surface area contributed by atoms with Gasteiger partial charge in [0.25, 0.3) is 5.91 Å². The van der Waals surface area contributed by atoms with Crippen LogP contribution in [-0.2, 0) is 4.79 Å². The number of hydrogen-bond acceptors (Lipinski definition) is 3. The molecule has 1 aliphatic rings. The lowest BCUT2D eigenvalue weighted by Crippen LogP contribution is -2.54. The van der Waals surface area contributed by atoms with Crippen LogP contribution in [-0.4, -0.2) is 58.8 Å². The van der Waals surface area contributed by atoms with Gasteiger partial charge in [0, 0.05) is 48.3 Å². The summed E-state index contributed by atoms with van der Waals surface area (Å²) in [6.45, 7) is 4.41.